The third-order valence-corrected chi connectivity index (χ3v) is 3.98. The summed E-state index contributed by atoms with van der Waals surface area (Å²) in [6.45, 7) is 3.61. The fourth-order valence-electron chi connectivity index (χ4n) is 2.17. The first kappa shape index (κ1) is 21.8. The summed E-state index contributed by atoms with van der Waals surface area (Å²) < 4.78 is 5.89. The smallest absolute Gasteiger partial charge is 0.144 e. The standard InChI is InChI=1S/C19H22Cl2N2O.ClH/c1-14-5-10-19(24-12-4-11-23(2)3)18(22-14)9-7-15-6-8-16(20)13-17(15)21;/h5-10,13H,4,11-12H2,1-3H3;1H. The van der Waals surface area contributed by atoms with Crippen LogP contribution in [0.2, 0.25) is 10.0 Å². The topological polar surface area (TPSA) is 25.4 Å². The molecule has 1 aromatic heterocycles. The van der Waals surface area contributed by atoms with Gasteiger partial charge in [0.1, 0.15) is 11.4 Å². The molecule has 0 N–H and O–H groups in total. The average Bonchev–Trinajstić information content (AvgIpc) is 2.52. The van der Waals surface area contributed by atoms with Gasteiger partial charge < -0.3 is 9.64 Å². The monoisotopic (exact) mass is 400 g/mol. The Morgan fingerprint density at radius 2 is 1.88 bits per heavy atom. The van der Waals surface area contributed by atoms with Crippen molar-refractivity contribution in [2.45, 2.75) is 13.3 Å². The molecule has 136 valence electrons. The molecule has 2 rings (SSSR count). The van der Waals surface area contributed by atoms with Crippen LogP contribution in [-0.2, 0) is 0 Å². The summed E-state index contributed by atoms with van der Waals surface area (Å²) in [7, 11) is 4.11. The maximum Gasteiger partial charge on any atom is 0.144 e. The van der Waals surface area contributed by atoms with Crippen LogP contribution in [0.15, 0.2) is 30.3 Å². The lowest BCUT2D eigenvalue weighted by Gasteiger charge is -2.12. The first-order valence-electron chi connectivity index (χ1n) is 7.84. The zero-order valence-electron chi connectivity index (χ0n) is 14.6. The summed E-state index contributed by atoms with van der Waals surface area (Å²) in [4.78, 5) is 6.70. The Labute approximate surface area is 166 Å². The van der Waals surface area contributed by atoms with E-state index in [0.717, 1.165) is 35.7 Å². The number of nitrogens with zero attached hydrogens (tertiary/aromatic N) is 2. The molecule has 25 heavy (non-hydrogen) atoms. The van der Waals surface area contributed by atoms with Gasteiger partial charge in [0.25, 0.3) is 0 Å². The first-order valence-corrected chi connectivity index (χ1v) is 8.59. The molecule has 3 nitrogen and oxygen atoms in total. The van der Waals surface area contributed by atoms with Crippen LogP contribution >= 0.6 is 35.6 Å². The molecule has 1 heterocycles. The van der Waals surface area contributed by atoms with Gasteiger partial charge in [-0.05, 0) is 63.3 Å². The number of hydrogen-bond acceptors (Lipinski definition) is 3. The number of ether oxygens (including phenoxy) is 1. The Kier molecular flexibility index (Phi) is 9.30. The second-order valence-electron chi connectivity index (χ2n) is 5.84. The van der Waals surface area contributed by atoms with Gasteiger partial charge in [-0.2, -0.15) is 0 Å². The van der Waals surface area contributed by atoms with E-state index < -0.39 is 0 Å². The molecule has 1 aromatic carbocycles. The summed E-state index contributed by atoms with van der Waals surface area (Å²) in [6, 6.07) is 9.34. The molecule has 0 saturated carbocycles. The minimum absolute atomic E-state index is 0. The van der Waals surface area contributed by atoms with Crippen LogP contribution in [0.4, 0.5) is 0 Å². The van der Waals surface area contributed by atoms with E-state index in [9.17, 15) is 0 Å². The van der Waals surface area contributed by atoms with E-state index in [1.165, 1.54) is 0 Å². The lowest BCUT2D eigenvalue weighted by atomic mass is 10.2. The molecule has 0 saturated heterocycles. The van der Waals surface area contributed by atoms with Gasteiger partial charge in [0.15, 0.2) is 0 Å². The van der Waals surface area contributed by atoms with Crippen LogP contribution in [-0.4, -0.2) is 37.1 Å². The van der Waals surface area contributed by atoms with Crippen LogP contribution in [0, 0.1) is 6.92 Å². The molecular weight excluding hydrogens is 379 g/mol. The van der Waals surface area contributed by atoms with Crippen molar-refractivity contribution in [3.05, 3.63) is 57.3 Å². The van der Waals surface area contributed by atoms with Crippen molar-refractivity contribution >= 4 is 47.8 Å². The summed E-state index contributed by atoms with van der Waals surface area (Å²) in [5.41, 5.74) is 2.63. The van der Waals surface area contributed by atoms with Crippen molar-refractivity contribution in [2.24, 2.45) is 0 Å². The van der Waals surface area contributed by atoms with Gasteiger partial charge in [0, 0.05) is 22.3 Å². The molecule has 0 spiro atoms. The zero-order valence-corrected chi connectivity index (χ0v) is 17.0. The highest BCUT2D eigenvalue weighted by Gasteiger charge is 2.04. The maximum atomic E-state index is 6.21. The number of pyridine rings is 1. The fraction of sp³-hybridized carbons (Fsp3) is 0.316. The number of hydrogen-bond donors (Lipinski definition) is 0. The third-order valence-electron chi connectivity index (χ3n) is 3.42. The summed E-state index contributed by atoms with van der Waals surface area (Å²) in [6.07, 6.45) is 4.81. The van der Waals surface area contributed by atoms with E-state index in [0.29, 0.717) is 16.7 Å². The molecule has 6 heteroatoms. The predicted molar refractivity (Wildman–Crippen MR) is 110 cm³/mol. The highest BCUT2D eigenvalue weighted by atomic mass is 35.5. The molecule has 0 amide bonds. The first-order chi connectivity index (χ1) is 11.5. The molecule has 0 radical (unpaired) electrons. The quantitative estimate of drug-likeness (QED) is 0.563. The molecule has 0 fully saturated rings. The SMILES string of the molecule is Cc1ccc(OCCCN(C)C)c(C=Cc2ccc(Cl)cc2Cl)n1.Cl. The molecule has 0 atom stereocenters. The van der Waals surface area contributed by atoms with Crippen LogP contribution < -0.4 is 4.74 Å². The Bertz CT molecular complexity index is 718. The van der Waals surface area contributed by atoms with Gasteiger partial charge in [-0.25, -0.2) is 4.98 Å². The molecule has 0 aliphatic heterocycles. The zero-order chi connectivity index (χ0) is 17.5. The van der Waals surface area contributed by atoms with Gasteiger partial charge in [-0.15, -0.1) is 12.4 Å². The van der Waals surface area contributed by atoms with Crippen LogP contribution in [0.3, 0.4) is 0 Å². The molecule has 0 bridgehead atoms. The van der Waals surface area contributed by atoms with Crippen molar-refractivity contribution in [2.75, 3.05) is 27.2 Å². The van der Waals surface area contributed by atoms with Crippen molar-refractivity contribution < 1.29 is 4.74 Å². The Balaban J connectivity index is 0.00000312. The van der Waals surface area contributed by atoms with Crippen LogP contribution in [0.5, 0.6) is 5.75 Å². The Morgan fingerprint density at radius 1 is 1.12 bits per heavy atom. The number of halogens is 3. The molecule has 0 aliphatic carbocycles. The molecule has 0 aliphatic rings. The van der Waals surface area contributed by atoms with Gasteiger partial charge in [-0.1, -0.05) is 35.3 Å². The number of rotatable bonds is 7. The second kappa shape index (κ2) is 10.7. The summed E-state index contributed by atoms with van der Waals surface area (Å²) in [5, 5.41) is 1.23. The number of benzene rings is 1. The fourth-order valence-corrected chi connectivity index (χ4v) is 2.65. The van der Waals surface area contributed by atoms with Crippen LogP contribution in [0.1, 0.15) is 23.4 Å². The second-order valence-corrected chi connectivity index (χ2v) is 6.68. The lowest BCUT2D eigenvalue weighted by molar-refractivity contribution is 0.280. The largest absolute Gasteiger partial charge is 0.491 e. The molecule has 2 aromatic rings. The highest BCUT2D eigenvalue weighted by Crippen LogP contribution is 2.25. The van der Waals surface area contributed by atoms with Crippen molar-refractivity contribution in [1.29, 1.82) is 0 Å². The minimum Gasteiger partial charge on any atom is -0.491 e. The minimum atomic E-state index is 0. The number of aryl methyl sites for hydroxylation is 1. The number of aromatic nitrogens is 1. The van der Waals surface area contributed by atoms with E-state index in [1.54, 1.807) is 6.07 Å². The summed E-state index contributed by atoms with van der Waals surface area (Å²) in [5.74, 6) is 0.778. The van der Waals surface area contributed by atoms with Gasteiger partial charge in [-0.3, -0.25) is 0 Å². The van der Waals surface area contributed by atoms with E-state index in [-0.39, 0.29) is 12.4 Å². The normalized spacial score (nSPS) is 11.0. The highest BCUT2D eigenvalue weighted by molar-refractivity contribution is 6.35. The molecule has 0 unspecified atom stereocenters. The molecular formula is C19H23Cl3N2O. The van der Waals surface area contributed by atoms with Gasteiger partial charge >= 0.3 is 0 Å². The Morgan fingerprint density at radius 3 is 2.56 bits per heavy atom. The van der Waals surface area contributed by atoms with E-state index in [1.807, 2.05) is 43.3 Å². The third kappa shape index (κ3) is 7.25. The predicted octanol–water partition coefficient (Wildman–Crippen LogP) is 5.62. The average molecular weight is 402 g/mol. The van der Waals surface area contributed by atoms with E-state index >= 15 is 0 Å². The van der Waals surface area contributed by atoms with Crippen molar-refractivity contribution in [3.8, 4) is 5.75 Å². The van der Waals surface area contributed by atoms with Crippen LogP contribution in [0.25, 0.3) is 12.2 Å². The van der Waals surface area contributed by atoms with Gasteiger partial charge in [0.05, 0.1) is 6.61 Å². The lowest BCUT2D eigenvalue weighted by Crippen LogP contribution is -2.15. The Hall–Kier alpha value is -1.26. The van der Waals surface area contributed by atoms with Crippen molar-refractivity contribution in [3.63, 3.8) is 0 Å². The summed E-state index contributed by atoms with van der Waals surface area (Å²) >= 11 is 12.1. The van der Waals surface area contributed by atoms with Crippen molar-refractivity contribution in [1.82, 2.24) is 9.88 Å². The maximum absolute atomic E-state index is 6.21. The van der Waals surface area contributed by atoms with E-state index in [2.05, 4.69) is 24.0 Å². The van der Waals surface area contributed by atoms with E-state index in [4.69, 9.17) is 27.9 Å². The van der Waals surface area contributed by atoms with Gasteiger partial charge in [0.2, 0.25) is 0 Å².